The Morgan fingerprint density at radius 3 is 2.89 bits per heavy atom. The first kappa shape index (κ1) is 10.8. The van der Waals surface area contributed by atoms with Crippen LogP contribution in [0.4, 0.5) is 0 Å². The van der Waals surface area contributed by atoms with E-state index in [1.807, 2.05) is 31.2 Å². The van der Waals surface area contributed by atoms with Crippen LogP contribution in [0.3, 0.4) is 0 Å². The maximum atomic E-state index is 5.67. The number of aromatic amines is 1. The second kappa shape index (κ2) is 4.49. The number of H-pyrrole nitrogens is 1. The summed E-state index contributed by atoms with van der Waals surface area (Å²) in [5, 5.41) is 12.5. The third-order valence-electron chi connectivity index (χ3n) is 2.81. The number of aromatic nitrogens is 3. The van der Waals surface area contributed by atoms with Crippen LogP contribution in [0.15, 0.2) is 36.4 Å². The van der Waals surface area contributed by atoms with Gasteiger partial charge in [0.25, 0.3) is 0 Å². The highest BCUT2D eigenvalue weighted by Crippen LogP contribution is 2.35. The van der Waals surface area contributed by atoms with Crippen molar-refractivity contribution in [2.75, 3.05) is 6.61 Å². The van der Waals surface area contributed by atoms with Crippen LogP contribution < -0.4 is 4.74 Å². The van der Waals surface area contributed by atoms with Gasteiger partial charge in [-0.3, -0.25) is 5.10 Å². The lowest BCUT2D eigenvalue weighted by atomic mass is 10.0. The van der Waals surface area contributed by atoms with E-state index >= 15 is 0 Å². The van der Waals surface area contributed by atoms with E-state index in [0.29, 0.717) is 6.61 Å². The smallest absolute Gasteiger partial charge is 0.143 e. The topological polar surface area (TPSA) is 50.8 Å². The van der Waals surface area contributed by atoms with Crippen molar-refractivity contribution >= 4 is 10.8 Å². The summed E-state index contributed by atoms with van der Waals surface area (Å²) in [6.45, 7) is 2.58. The zero-order valence-corrected chi connectivity index (χ0v) is 9.97. The minimum absolute atomic E-state index is 0.618. The molecule has 4 nitrogen and oxygen atoms in total. The molecule has 0 fully saturated rings. The van der Waals surface area contributed by atoms with Crippen molar-refractivity contribution in [2.24, 2.45) is 0 Å². The molecule has 3 rings (SSSR count). The number of nitrogens with one attached hydrogen (secondary N) is 1. The standard InChI is InChI=1S/C14H12N3O/c1-2-18-13-8-7-10-5-3-4-6-11(10)14(13)12-9-15-17-16-12/h3-8H,2H2,1H3,(H,15,16,17). The van der Waals surface area contributed by atoms with Gasteiger partial charge in [-0.15, -0.1) is 5.10 Å². The van der Waals surface area contributed by atoms with Crippen molar-refractivity contribution < 1.29 is 4.74 Å². The van der Waals surface area contributed by atoms with Gasteiger partial charge in [0, 0.05) is 0 Å². The van der Waals surface area contributed by atoms with E-state index in [1.165, 1.54) is 0 Å². The van der Waals surface area contributed by atoms with Crippen LogP contribution in [0.2, 0.25) is 0 Å². The number of ether oxygens (including phenoxy) is 1. The Labute approximate surface area is 105 Å². The van der Waals surface area contributed by atoms with Crippen LogP contribution in [0, 0.1) is 6.20 Å². The molecular formula is C14H12N3O. The third kappa shape index (κ3) is 1.72. The SMILES string of the molecule is CCOc1ccc2ccccc2c1-c1[c]nn[nH]1. The van der Waals surface area contributed by atoms with Crippen LogP contribution in [0.1, 0.15) is 6.92 Å². The number of fused-ring (bicyclic) bond motifs is 1. The number of rotatable bonds is 3. The van der Waals surface area contributed by atoms with E-state index in [1.54, 1.807) is 0 Å². The fraction of sp³-hybridized carbons (Fsp3) is 0.143. The monoisotopic (exact) mass is 238 g/mol. The number of benzene rings is 2. The van der Waals surface area contributed by atoms with Crippen LogP contribution in [0.5, 0.6) is 5.75 Å². The largest absolute Gasteiger partial charge is 0.493 e. The van der Waals surface area contributed by atoms with Crippen LogP contribution in [0.25, 0.3) is 22.0 Å². The molecule has 1 aromatic heterocycles. The molecule has 0 aliphatic rings. The molecule has 0 saturated heterocycles. The molecule has 2 aromatic carbocycles. The second-order valence-electron chi connectivity index (χ2n) is 3.89. The summed E-state index contributed by atoms with van der Waals surface area (Å²) in [6.07, 6.45) is 2.85. The number of nitrogens with zero attached hydrogens (tertiary/aromatic N) is 2. The van der Waals surface area contributed by atoms with Gasteiger partial charge in [-0.2, -0.15) is 0 Å². The first-order chi connectivity index (χ1) is 8.90. The average molecular weight is 238 g/mol. The van der Waals surface area contributed by atoms with Crippen molar-refractivity contribution in [3.05, 3.63) is 42.6 Å². The van der Waals surface area contributed by atoms with Gasteiger partial charge < -0.3 is 4.74 Å². The maximum Gasteiger partial charge on any atom is 0.143 e. The highest BCUT2D eigenvalue weighted by Gasteiger charge is 2.12. The van der Waals surface area contributed by atoms with E-state index in [0.717, 1.165) is 27.8 Å². The molecule has 0 amide bonds. The Hall–Kier alpha value is -2.36. The maximum absolute atomic E-state index is 5.67. The molecular weight excluding hydrogens is 226 g/mol. The minimum atomic E-state index is 0.618. The van der Waals surface area contributed by atoms with Crippen molar-refractivity contribution in [3.8, 4) is 17.0 Å². The summed E-state index contributed by atoms with van der Waals surface area (Å²) in [7, 11) is 0. The molecule has 18 heavy (non-hydrogen) atoms. The lowest BCUT2D eigenvalue weighted by molar-refractivity contribution is 0.342. The highest BCUT2D eigenvalue weighted by atomic mass is 16.5. The van der Waals surface area contributed by atoms with E-state index < -0.39 is 0 Å². The van der Waals surface area contributed by atoms with Crippen LogP contribution in [-0.4, -0.2) is 22.0 Å². The lowest BCUT2D eigenvalue weighted by Crippen LogP contribution is -1.95. The average Bonchev–Trinajstić information content (AvgIpc) is 2.92. The molecule has 89 valence electrons. The molecule has 1 N–H and O–H groups in total. The van der Waals surface area contributed by atoms with Crippen molar-refractivity contribution in [1.29, 1.82) is 0 Å². The predicted molar refractivity (Wildman–Crippen MR) is 69.3 cm³/mol. The second-order valence-corrected chi connectivity index (χ2v) is 3.89. The number of hydrogen-bond donors (Lipinski definition) is 1. The van der Waals surface area contributed by atoms with Gasteiger partial charge in [0.05, 0.1) is 17.9 Å². The van der Waals surface area contributed by atoms with Crippen molar-refractivity contribution in [3.63, 3.8) is 0 Å². The fourth-order valence-corrected chi connectivity index (χ4v) is 2.07. The molecule has 0 aliphatic heterocycles. The summed E-state index contributed by atoms with van der Waals surface area (Å²) < 4.78 is 5.67. The number of hydrogen-bond acceptors (Lipinski definition) is 3. The molecule has 3 aromatic rings. The lowest BCUT2D eigenvalue weighted by Gasteiger charge is -2.11. The molecule has 1 heterocycles. The molecule has 0 spiro atoms. The molecule has 1 radical (unpaired) electrons. The molecule has 4 heteroatoms. The predicted octanol–water partition coefficient (Wildman–Crippen LogP) is 2.82. The third-order valence-corrected chi connectivity index (χ3v) is 2.81. The van der Waals surface area contributed by atoms with E-state index in [-0.39, 0.29) is 0 Å². The molecule has 0 unspecified atom stereocenters. The van der Waals surface area contributed by atoms with Crippen molar-refractivity contribution in [1.82, 2.24) is 15.4 Å². The van der Waals surface area contributed by atoms with Gasteiger partial charge in [-0.05, 0) is 23.8 Å². The molecule has 0 atom stereocenters. The summed E-state index contributed by atoms with van der Waals surface area (Å²) >= 11 is 0. The van der Waals surface area contributed by atoms with E-state index in [4.69, 9.17) is 4.74 Å². The molecule has 0 saturated carbocycles. The Bertz CT molecular complexity index is 662. The van der Waals surface area contributed by atoms with Gasteiger partial charge in [0.15, 0.2) is 0 Å². The minimum Gasteiger partial charge on any atom is -0.493 e. The van der Waals surface area contributed by atoms with Gasteiger partial charge in [-0.25, -0.2) is 0 Å². The molecule has 0 bridgehead atoms. The van der Waals surface area contributed by atoms with E-state index in [2.05, 4.69) is 33.7 Å². The van der Waals surface area contributed by atoms with E-state index in [9.17, 15) is 0 Å². The Balaban J connectivity index is 2.32. The summed E-state index contributed by atoms with van der Waals surface area (Å²) in [4.78, 5) is 0. The summed E-state index contributed by atoms with van der Waals surface area (Å²) in [5.74, 6) is 0.818. The first-order valence-electron chi connectivity index (χ1n) is 5.84. The zero-order chi connectivity index (χ0) is 12.4. The van der Waals surface area contributed by atoms with Gasteiger partial charge in [-0.1, -0.05) is 35.5 Å². The van der Waals surface area contributed by atoms with Gasteiger partial charge in [0.2, 0.25) is 0 Å². The highest BCUT2D eigenvalue weighted by molar-refractivity contribution is 5.98. The Morgan fingerprint density at radius 1 is 1.22 bits per heavy atom. The molecule has 0 aliphatic carbocycles. The van der Waals surface area contributed by atoms with Gasteiger partial charge >= 0.3 is 0 Å². The summed E-state index contributed by atoms with van der Waals surface area (Å²) in [6, 6.07) is 12.2. The fourth-order valence-electron chi connectivity index (χ4n) is 2.07. The quantitative estimate of drug-likeness (QED) is 0.763. The van der Waals surface area contributed by atoms with Crippen LogP contribution >= 0.6 is 0 Å². The summed E-state index contributed by atoms with van der Waals surface area (Å²) in [5.41, 5.74) is 1.70. The van der Waals surface area contributed by atoms with Crippen molar-refractivity contribution in [2.45, 2.75) is 6.92 Å². The Morgan fingerprint density at radius 2 is 2.11 bits per heavy atom. The zero-order valence-electron chi connectivity index (χ0n) is 9.97. The van der Waals surface area contributed by atoms with Gasteiger partial charge in [0.1, 0.15) is 11.9 Å². The first-order valence-corrected chi connectivity index (χ1v) is 5.84. The van der Waals surface area contributed by atoms with Crippen LogP contribution in [-0.2, 0) is 0 Å². The Kier molecular flexibility index (Phi) is 2.68. The normalized spacial score (nSPS) is 10.7.